The fraction of sp³-hybridized carbons (Fsp3) is 0.524. The molecule has 2 aromatic rings. The van der Waals surface area contributed by atoms with Crippen molar-refractivity contribution in [3.63, 3.8) is 0 Å². The maximum absolute atomic E-state index is 13.1. The Labute approximate surface area is 180 Å². The predicted octanol–water partition coefficient (Wildman–Crippen LogP) is 5.52. The summed E-state index contributed by atoms with van der Waals surface area (Å²) in [7, 11) is 0. The van der Waals surface area contributed by atoms with Crippen LogP contribution in [0.1, 0.15) is 47.5 Å². The lowest BCUT2D eigenvalue weighted by Gasteiger charge is -2.40. The summed E-state index contributed by atoms with van der Waals surface area (Å²) in [5, 5.41) is 1.73. The third-order valence-corrected chi connectivity index (χ3v) is 7.83. The van der Waals surface area contributed by atoms with Gasteiger partial charge >= 0.3 is 0 Å². The lowest BCUT2D eigenvalue weighted by molar-refractivity contribution is 0.0593. The number of nitrogens with zero attached hydrogens (tertiary/aromatic N) is 3. The highest BCUT2D eigenvalue weighted by atomic mass is 35.5. The Bertz CT molecular complexity index is 855. The Hall–Kier alpha value is -1.14. The summed E-state index contributed by atoms with van der Waals surface area (Å²) in [4.78, 5) is 23.1. The lowest BCUT2D eigenvalue weighted by Crippen LogP contribution is -2.48. The van der Waals surface area contributed by atoms with Crippen molar-refractivity contribution < 1.29 is 4.79 Å². The zero-order chi connectivity index (χ0) is 19.7. The van der Waals surface area contributed by atoms with Crippen molar-refractivity contribution in [1.29, 1.82) is 0 Å². The first kappa shape index (κ1) is 20.1. The van der Waals surface area contributed by atoms with Crippen molar-refractivity contribution in [1.82, 2.24) is 14.8 Å². The van der Waals surface area contributed by atoms with Gasteiger partial charge < -0.3 is 9.80 Å². The van der Waals surface area contributed by atoms with Gasteiger partial charge in [0.15, 0.2) is 0 Å². The number of hydrogen-bond acceptors (Lipinski definition) is 4. The van der Waals surface area contributed by atoms with E-state index in [1.54, 1.807) is 6.07 Å². The number of aryl methyl sites for hydroxylation is 1. The van der Waals surface area contributed by atoms with Gasteiger partial charge in [-0.3, -0.25) is 4.79 Å². The molecule has 0 unspecified atom stereocenters. The maximum Gasteiger partial charge on any atom is 0.265 e. The molecule has 0 aliphatic carbocycles. The third kappa shape index (κ3) is 4.09. The molecule has 4 rings (SSSR count). The van der Waals surface area contributed by atoms with Gasteiger partial charge in [0.2, 0.25) is 0 Å². The highest BCUT2D eigenvalue weighted by Crippen LogP contribution is 2.37. The molecule has 0 atom stereocenters. The molecule has 3 heterocycles. The van der Waals surface area contributed by atoms with Gasteiger partial charge in [0, 0.05) is 24.7 Å². The monoisotopic (exact) mass is 437 g/mol. The molecule has 7 heteroatoms. The van der Waals surface area contributed by atoms with E-state index in [9.17, 15) is 4.79 Å². The first-order valence-corrected chi connectivity index (χ1v) is 11.6. The smallest absolute Gasteiger partial charge is 0.265 e. The molecule has 1 amide bonds. The van der Waals surface area contributed by atoms with Gasteiger partial charge in [0.1, 0.15) is 9.88 Å². The molecule has 0 bridgehead atoms. The minimum absolute atomic E-state index is 0.0940. The molecule has 28 heavy (non-hydrogen) atoms. The Morgan fingerprint density at radius 1 is 1.11 bits per heavy atom. The van der Waals surface area contributed by atoms with Crippen molar-refractivity contribution in [3.05, 3.63) is 38.8 Å². The minimum Gasteiger partial charge on any atom is -0.338 e. The van der Waals surface area contributed by atoms with E-state index in [-0.39, 0.29) is 5.91 Å². The molecule has 0 saturated carbocycles. The Morgan fingerprint density at radius 2 is 1.82 bits per heavy atom. The number of benzene rings is 1. The van der Waals surface area contributed by atoms with Crippen LogP contribution in [0.2, 0.25) is 10.0 Å². The highest BCUT2D eigenvalue weighted by molar-refractivity contribution is 7.17. The van der Waals surface area contributed by atoms with Crippen LogP contribution < -0.4 is 0 Å². The van der Waals surface area contributed by atoms with Crippen LogP contribution in [0.3, 0.4) is 0 Å². The topological polar surface area (TPSA) is 36.4 Å². The Balaban J connectivity index is 1.46. The summed E-state index contributed by atoms with van der Waals surface area (Å²) in [6.45, 7) is 5.98. The van der Waals surface area contributed by atoms with Crippen molar-refractivity contribution in [3.8, 4) is 10.6 Å². The highest BCUT2D eigenvalue weighted by Gasteiger charge is 2.30. The number of amides is 1. The van der Waals surface area contributed by atoms with Gasteiger partial charge in [-0.25, -0.2) is 4.98 Å². The van der Waals surface area contributed by atoms with Gasteiger partial charge in [-0.1, -0.05) is 41.8 Å². The largest absolute Gasteiger partial charge is 0.338 e. The van der Waals surface area contributed by atoms with Crippen LogP contribution in [0.5, 0.6) is 0 Å². The number of rotatable bonds is 3. The molecule has 1 aromatic heterocycles. The molecule has 150 valence electrons. The summed E-state index contributed by atoms with van der Waals surface area (Å²) >= 11 is 13.9. The standard InChI is InChI=1S/C21H25Cl2N3OS/c1-14-19(28-20(24-14)16-6-5-7-17(22)18(16)23)21(27)26-12-8-15(9-13-26)25-10-3-2-4-11-25/h5-7,15H,2-4,8-13H2,1H3. The maximum atomic E-state index is 13.1. The van der Waals surface area contributed by atoms with Crippen LogP contribution in [0.25, 0.3) is 10.6 Å². The van der Waals surface area contributed by atoms with Gasteiger partial charge in [-0.15, -0.1) is 11.3 Å². The van der Waals surface area contributed by atoms with Crippen LogP contribution in [0, 0.1) is 6.92 Å². The van der Waals surface area contributed by atoms with Crippen LogP contribution in [0.15, 0.2) is 18.2 Å². The second kappa shape index (κ2) is 8.70. The van der Waals surface area contributed by atoms with E-state index in [4.69, 9.17) is 23.2 Å². The second-order valence-corrected chi connectivity index (χ2v) is 9.44. The fourth-order valence-corrected chi connectivity index (χ4v) is 5.75. The first-order valence-electron chi connectivity index (χ1n) is 9.99. The van der Waals surface area contributed by atoms with Crippen molar-refractivity contribution in [2.45, 2.75) is 45.1 Å². The summed E-state index contributed by atoms with van der Waals surface area (Å²) in [5.74, 6) is 0.0940. The van der Waals surface area contributed by atoms with Crippen LogP contribution in [-0.2, 0) is 0 Å². The SMILES string of the molecule is Cc1nc(-c2cccc(Cl)c2Cl)sc1C(=O)N1CCC(N2CCCCC2)CC1. The zero-order valence-electron chi connectivity index (χ0n) is 16.1. The van der Waals surface area contributed by atoms with E-state index in [0.29, 0.717) is 21.0 Å². The molecule has 1 aromatic carbocycles. The zero-order valence-corrected chi connectivity index (χ0v) is 18.4. The Morgan fingerprint density at radius 3 is 2.54 bits per heavy atom. The molecule has 2 saturated heterocycles. The van der Waals surface area contributed by atoms with Gasteiger partial charge in [0.05, 0.1) is 15.7 Å². The summed E-state index contributed by atoms with van der Waals surface area (Å²) in [5.41, 5.74) is 1.55. The number of thiazole rings is 1. The average molecular weight is 438 g/mol. The van der Waals surface area contributed by atoms with E-state index in [1.165, 1.54) is 43.7 Å². The predicted molar refractivity (Wildman–Crippen MR) is 117 cm³/mol. The third-order valence-electron chi connectivity index (χ3n) is 5.83. The molecule has 4 nitrogen and oxygen atoms in total. The van der Waals surface area contributed by atoms with E-state index < -0.39 is 0 Å². The van der Waals surface area contributed by atoms with E-state index in [2.05, 4.69) is 9.88 Å². The quantitative estimate of drug-likeness (QED) is 0.634. The average Bonchev–Trinajstić information content (AvgIpc) is 3.11. The number of likely N-dealkylation sites (tertiary alicyclic amines) is 2. The van der Waals surface area contributed by atoms with Crippen LogP contribution >= 0.6 is 34.5 Å². The molecular formula is C21H25Cl2N3OS. The number of carbonyl (C=O) groups excluding carboxylic acids is 1. The van der Waals surface area contributed by atoms with Gasteiger partial charge in [-0.2, -0.15) is 0 Å². The summed E-state index contributed by atoms with van der Waals surface area (Å²) in [6, 6.07) is 6.14. The summed E-state index contributed by atoms with van der Waals surface area (Å²) in [6.07, 6.45) is 6.12. The number of piperidine rings is 2. The van der Waals surface area contributed by atoms with Gasteiger partial charge in [0.25, 0.3) is 5.91 Å². The van der Waals surface area contributed by atoms with Crippen molar-refractivity contribution in [2.75, 3.05) is 26.2 Å². The van der Waals surface area contributed by atoms with Crippen LogP contribution in [-0.4, -0.2) is 52.9 Å². The second-order valence-electron chi connectivity index (χ2n) is 7.65. The molecule has 2 aliphatic heterocycles. The van der Waals surface area contributed by atoms with Crippen LogP contribution in [0.4, 0.5) is 0 Å². The van der Waals surface area contributed by atoms with Crippen molar-refractivity contribution >= 4 is 40.4 Å². The minimum atomic E-state index is 0.0940. The number of halogens is 2. The molecule has 2 aliphatic rings. The summed E-state index contributed by atoms with van der Waals surface area (Å²) < 4.78 is 0. The number of carbonyl (C=O) groups is 1. The lowest BCUT2D eigenvalue weighted by atomic mass is 10.00. The number of hydrogen-bond donors (Lipinski definition) is 0. The van der Waals surface area contributed by atoms with E-state index in [1.807, 2.05) is 24.0 Å². The molecule has 2 fully saturated rings. The molecule has 0 radical (unpaired) electrons. The Kier molecular flexibility index (Phi) is 6.26. The first-order chi connectivity index (χ1) is 13.5. The van der Waals surface area contributed by atoms with E-state index >= 15 is 0 Å². The number of aromatic nitrogens is 1. The molecule has 0 spiro atoms. The normalized spacial score (nSPS) is 19.2. The molecular weight excluding hydrogens is 413 g/mol. The van der Waals surface area contributed by atoms with Crippen molar-refractivity contribution in [2.24, 2.45) is 0 Å². The van der Waals surface area contributed by atoms with Gasteiger partial charge in [-0.05, 0) is 51.8 Å². The fourth-order valence-electron chi connectivity index (χ4n) is 4.24. The molecule has 0 N–H and O–H groups in total. The van der Waals surface area contributed by atoms with E-state index in [0.717, 1.165) is 42.2 Å².